The Bertz CT molecular complexity index is 871. The van der Waals surface area contributed by atoms with Crippen LogP contribution < -0.4 is 0 Å². The third-order valence-corrected chi connectivity index (χ3v) is 3.10. The molecule has 0 amide bonds. The summed E-state index contributed by atoms with van der Waals surface area (Å²) < 4.78 is 38.6. The van der Waals surface area contributed by atoms with Crippen molar-refractivity contribution in [2.45, 2.75) is 6.18 Å². The van der Waals surface area contributed by atoms with Crippen LogP contribution in [0.2, 0.25) is 0 Å². The number of benzene rings is 1. The van der Waals surface area contributed by atoms with Crippen LogP contribution in [0.15, 0.2) is 35.6 Å². The van der Waals surface area contributed by atoms with E-state index in [1.54, 1.807) is 6.20 Å². The van der Waals surface area contributed by atoms with E-state index in [0.717, 1.165) is 10.9 Å². The van der Waals surface area contributed by atoms with Crippen LogP contribution >= 0.6 is 12.2 Å². The molecule has 1 aromatic carbocycles. The number of alkyl halides is 3. The molecule has 21 heavy (non-hydrogen) atoms. The van der Waals surface area contributed by atoms with Crippen LogP contribution in [0.25, 0.3) is 10.9 Å². The number of fused-ring (bicyclic) bond motifs is 1. The fraction of sp³-hybridized carbons (Fsp3) is 0.0833. The highest BCUT2D eigenvalue weighted by molar-refractivity contribution is 7.71. The van der Waals surface area contributed by atoms with Crippen LogP contribution in [-0.4, -0.2) is 26.1 Å². The van der Waals surface area contributed by atoms with Gasteiger partial charge in [0.2, 0.25) is 4.77 Å². The van der Waals surface area contributed by atoms with Crippen molar-refractivity contribution in [1.82, 2.24) is 19.9 Å². The fourth-order valence-electron chi connectivity index (χ4n) is 1.90. The fourth-order valence-corrected chi connectivity index (χ4v) is 2.08. The van der Waals surface area contributed by atoms with E-state index in [0.29, 0.717) is 10.2 Å². The number of nitrogens with one attached hydrogen (secondary N) is 2. The molecule has 2 N–H and O–H groups in total. The second-order valence-corrected chi connectivity index (χ2v) is 4.58. The van der Waals surface area contributed by atoms with Crippen LogP contribution in [0.4, 0.5) is 13.2 Å². The zero-order chi connectivity index (χ0) is 15.0. The molecule has 0 aliphatic rings. The highest BCUT2D eigenvalue weighted by Gasteiger charge is 2.37. The van der Waals surface area contributed by atoms with Crippen LogP contribution in [0.3, 0.4) is 0 Å². The van der Waals surface area contributed by atoms with Gasteiger partial charge in [-0.05, 0) is 18.3 Å². The molecule has 2 heterocycles. The molecule has 0 aliphatic heterocycles. The van der Waals surface area contributed by atoms with Gasteiger partial charge in [0.15, 0.2) is 0 Å². The predicted molar refractivity (Wildman–Crippen MR) is 73.7 cm³/mol. The maximum absolute atomic E-state index is 12.8. The summed E-state index contributed by atoms with van der Waals surface area (Å²) in [5.74, 6) is -1.19. The Balaban J connectivity index is 2.05. The number of hydrogen-bond donors (Lipinski definition) is 2. The molecule has 0 saturated carbocycles. The lowest BCUT2D eigenvalue weighted by molar-refractivity contribution is -0.147. The summed E-state index contributed by atoms with van der Waals surface area (Å²) >= 11 is 4.76. The normalized spacial score (nSPS) is 12.5. The number of rotatable bonds is 2. The van der Waals surface area contributed by atoms with E-state index in [2.05, 4.69) is 20.3 Å². The number of hydrogen-bond acceptors (Lipinski definition) is 3. The van der Waals surface area contributed by atoms with Gasteiger partial charge in [-0.1, -0.05) is 18.2 Å². The van der Waals surface area contributed by atoms with Gasteiger partial charge in [0.1, 0.15) is 0 Å². The standard InChI is InChI=1S/C12H8F3N5S/c13-12(14,15)10-18-19-11(21)20(10)17-6-7-5-16-9-4-2-1-3-8(7)9/h1-6,16H,(H,19,21)/b17-6+. The lowest BCUT2D eigenvalue weighted by atomic mass is 10.2. The topological polar surface area (TPSA) is 61.8 Å². The zero-order valence-corrected chi connectivity index (χ0v) is 11.2. The molecule has 9 heteroatoms. The molecule has 3 rings (SSSR count). The number of aromatic amines is 2. The van der Waals surface area contributed by atoms with Crippen molar-refractivity contribution in [2.75, 3.05) is 0 Å². The Morgan fingerprint density at radius 2 is 2.05 bits per heavy atom. The molecule has 0 saturated heterocycles. The van der Waals surface area contributed by atoms with Gasteiger partial charge in [-0.25, -0.2) is 5.10 Å². The summed E-state index contributed by atoms with van der Waals surface area (Å²) in [6.45, 7) is 0. The molecule has 0 unspecified atom stereocenters. The third kappa shape index (κ3) is 2.47. The van der Waals surface area contributed by atoms with Crippen molar-refractivity contribution >= 4 is 29.3 Å². The maximum Gasteiger partial charge on any atom is 0.453 e. The minimum Gasteiger partial charge on any atom is -0.361 e. The quantitative estimate of drug-likeness (QED) is 0.563. The molecular formula is C12H8F3N5S. The van der Waals surface area contributed by atoms with Crippen molar-refractivity contribution in [3.63, 3.8) is 0 Å². The molecule has 5 nitrogen and oxygen atoms in total. The van der Waals surface area contributed by atoms with Gasteiger partial charge in [0, 0.05) is 22.7 Å². The van der Waals surface area contributed by atoms with Gasteiger partial charge >= 0.3 is 6.18 Å². The molecule has 0 fully saturated rings. The molecule has 0 spiro atoms. The SMILES string of the molecule is FC(F)(F)c1n[nH]c(=S)n1/N=C/c1c[nH]c2ccccc12. The summed E-state index contributed by atoms with van der Waals surface area (Å²) in [5.41, 5.74) is 1.52. The Hall–Kier alpha value is -2.42. The van der Waals surface area contributed by atoms with Gasteiger partial charge in [0.05, 0.1) is 6.21 Å². The second-order valence-electron chi connectivity index (χ2n) is 4.20. The summed E-state index contributed by atoms with van der Waals surface area (Å²) in [4.78, 5) is 3.01. The zero-order valence-electron chi connectivity index (χ0n) is 10.3. The van der Waals surface area contributed by atoms with E-state index in [-0.39, 0.29) is 4.77 Å². The number of H-pyrrole nitrogens is 2. The Kier molecular flexibility index (Phi) is 3.13. The molecule has 0 aliphatic carbocycles. The largest absolute Gasteiger partial charge is 0.453 e. The maximum atomic E-state index is 12.8. The minimum absolute atomic E-state index is 0.224. The Labute approximate surface area is 121 Å². The molecule has 0 radical (unpaired) electrons. The third-order valence-electron chi connectivity index (χ3n) is 2.84. The van der Waals surface area contributed by atoms with Crippen molar-refractivity contribution in [3.8, 4) is 0 Å². The minimum atomic E-state index is -4.63. The molecular weight excluding hydrogens is 303 g/mol. The highest BCUT2D eigenvalue weighted by Crippen LogP contribution is 2.27. The van der Waals surface area contributed by atoms with Crippen molar-refractivity contribution in [1.29, 1.82) is 0 Å². The number of aromatic nitrogens is 4. The van der Waals surface area contributed by atoms with Crippen LogP contribution in [0.5, 0.6) is 0 Å². The van der Waals surface area contributed by atoms with E-state index in [9.17, 15) is 13.2 Å². The average Bonchev–Trinajstić information content (AvgIpc) is 3.00. The van der Waals surface area contributed by atoms with E-state index in [1.807, 2.05) is 24.3 Å². The molecule has 0 bridgehead atoms. The summed E-state index contributed by atoms with van der Waals surface area (Å²) in [5, 5.41) is 9.86. The Morgan fingerprint density at radius 1 is 1.29 bits per heavy atom. The summed E-state index contributed by atoms with van der Waals surface area (Å²) in [6.07, 6.45) is -1.67. The summed E-state index contributed by atoms with van der Waals surface area (Å²) in [7, 11) is 0. The van der Waals surface area contributed by atoms with Gasteiger partial charge < -0.3 is 4.98 Å². The number of para-hydroxylation sites is 1. The first-order valence-corrected chi connectivity index (χ1v) is 6.23. The van der Waals surface area contributed by atoms with Gasteiger partial charge in [-0.2, -0.15) is 22.9 Å². The lowest BCUT2D eigenvalue weighted by Gasteiger charge is -2.03. The van der Waals surface area contributed by atoms with E-state index >= 15 is 0 Å². The number of nitrogens with zero attached hydrogens (tertiary/aromatic N) is 3. The first-order chi connectivity index (χ1) is 9.97. The lowest BCUT2D eigenvalue weighted by Crippen LogP contribution is -2.12. The van der Waals surface area contributed by atoms with Crippen LogP contribution in [0, 0.1) is 4.77 Å². The average molecular weight is 311 g/mol. The molecule has 3 aromatic rings. The Morgan fingerprint density at radius 3 is 2.81 bits per heavy atom. The first kappa shape index (κ1) is 13.6. The molecule has 2 aromatic heterocycles. The molecule has 0 atom stereocenters. The molecule has 108 valence electrons. The van der Waals surface area contributed by atoms with Crippen LogP contribution in [-0.2, 0) is 6.18 Å². The van der Waals surface area contributed by atoms with E-state index in [1.165, 1.54) is 6.21 Å². The van der Waals surface area contributed by atoms with Gasteiger partial charge in [0.25, 0.3) is 5.82 Å². The van der Waals surface area contributed by atoms with Gasteiger partial charge in [-0.3, -0.25) is 0 Å². The monoisotopic (exact) mass is 311 g/mol. The predicted octanol–water partition coefficient (Wildman–Crippen LogP) is 3.32. The van der Waals surface area contributed by atoms with Crippen molar-refractivity contribution in [2.24, 2.45) is 5.10 Å². The summed E-state index contributed by atoms with van der Waals surface area (Å²) in [6, 6.07) is 7.38. The van der Waals surface area contributed by atoms with Crippen molar-refractivity contribution in [3.05, 3.63) is 46.6 Å². The van der Waals surface area contributed by atoms with E-state index in [4.69, 9.17) is 12.2 Å². The van der Waals surface area contributed by atoms with E-state index < -0.39 is 12.0 Å². The smallest absolute Gasteiger partial charge is 0.361 e. The second kappa shape index (κ2) is 4.85. The van der Waals surface area contributed by atoms with Crippen LogP contribution in [0.1, 0.15) is 11.4 Å². The highest BCUT2D eigenvalue weighted by atomic mass is 32.1. The first-order valence-electron chi connectivity index (χ1n) is 5.82. The number of halogens is 3. The van der Waals surface area contributed by atoms with Gasteiger partial charge in [-0.15, -0.1) is 5.10 Å². The van der Waals surface area contributed by atoms with Crippen molar-refractivity contribution < 1.29 is 13.2 Å².